The Balaban J connectivity index is 2.30. The van der Waals surface area contributed by atoms with Gasteiger partial charge in [0.1, 0.15) is 11.3 Å². The molecular formula is C12H17N3O2. The standard InChI is InChI=1S/C12H17N3O2/c1-17-9-3-7-15-11(5-8-16)14-10-4-2-6-13-12(10)15/h2,4,6,16H,3,5,7-9H2,1H3. The summed E-state index contributed by atoms with van der Waals surface area (Å²) >= 11 is 0. The van der Waals surface area contributed by atoms with Crippen molar-refractivity contribution in [2.24, 2.45) is 0 Å². The van der Waals surface area contributed by atoms with Crippen LogP contribution in [0.1, 0.15) is 12.2 Å². The highest BCUT2D eigenvalue weighted by Gasteiger charge is 2.10. The van der Waals surface area contributed by atoms with E-state index in [0.29, 0.717) is 13.0 Å². The summed E-state index contributed by atoms with van der Waals surface area (Å²) in [7, 11) is 1.69. The van der Waals surface area contributed by atoms with E-state index in [2.05, 4.69) is 14.5 Å². The Kier molecular flexibility index (Phi) is 4.06. The number of hydrogen-bond acceptors (Lipinski definition) is 4. The van der Waals surface area contributed by atoms with Gasteiger partial charge in [0.15, 0.2) is 5.65 Å². The Labute approximate surface area is 100 Å². The third-order valence-electron chi connectivity index (χ3n) is 2.65. The second-order valence-corrected chi connectivity index (χ2v) is 3.85. The summed E-state index contributed by atoms with van der Waals surface area (Å²) in [6.07, 6.45) is 3.24. The van der Waals surface area contributed by atoms with E-state index in [9.17, 15) is 0 Å². The third-order valence-corrected chi connectivity index (χ3v) is 2.65. The van der Waals surface area contributed by atoms with Crippen LogP contribution < -0.4 is 0 Å². The van der Waals surface area contributed by atoms with Crippen molar-refractivity contribution < 1.29 is 9.84 Å². The molecule has 0 aliphatic carbocycles. The molecule has 92 valence electrons. The van der Waals surface area contributed by atoms with Crippen LogP contribution in [0.4, 0.5) is 0 Å². The number of methoxy groups -OCH3 is 1. The Morgan fingerprint density at radius 2 is 2.35 bits per heavy atom. The number of hydrogen-bond donors (Lipinski definition) is 1. The van der Waals surface area contributed by atoms with Crippen molar-refractivity contribution in [1.82, 2.24) is 14.5 Å². The number of pyridine rings is 1. The second-order valence-electron chi connectivity index (χ2n) is 3.85. The van der Waals surface area contributed by atoms with E-state index < -0.39 is 0 Å². The molecule has 0 aliphatic rings. The van der Waals surface area contributed by atoms with Crippen LogP contribution >= 0.6 is 0 Å². The Bertz CT molecular complexity index is 482. The van der Waals surface area contributed by atoms with Crippen LogP contribution in [0.25, 0.3) is 11.2 Å². The lowest BCUT2D eigenvalue weighted by molar-refractivity contribution is 0.190. The van der Waals surface area contributed by atoms with Crippen molar-refractivity contribution in [3.8, 4) is 0 Å². The minimum atomic E-state index is 0.105. The molecule has 0 amide bonds. The molecule has 0 fully saturated rings. The predicted molar refractivity (Wildman–Crippen MR) is 64.8 cm³/mol. The molecule has 2 rings (SSSR count). The normalized spacial score (nSPS) is 11.2. The molecule has 5 nitrogen and oxygen atoms in total. The van der Waals surface area contributed by atoms with Gasteiger partial charge in [0.2, 0.25) is 0 Å². The summed E-state index contributed by atoms with van der Waals surface area (Å²) in [5, 5.41) is 9.04. The molecule has 2 aromatic rings. The molecule has 0 atom stereocenters. The largest absolute Gasteiger partial charge is 0.396 e. The van der Waals surface area contributed by atoms with Gasteiger partial charge in [-0.3, -0.25) is 0 Å². The number of fused-ring (bicyclic) bond motifs is 1. The van der Waals surface area contributed by atoms with Gasteiger partial charge in [-0.05, 0) is 18.6 Å². The van der Waals surface area contributed by atoms with Crippen LogP contribution in [0.5, 0.6) is 0 Å². The maximum absolute atomic E-state index is 9.04. The number of nitrogens with zero attached hydrogens (tertiary/aromatic N) is 3. The first-order valence-corrected chi connectivity index (χ1v) is 5.76. The summed E-state index contributed by atoms with van der Waals surface area (Å²) in [4.78, 5) is 8.82. The van der Waals surface area contributed by atoms with Gasteiger partial charge in [0.05, 0.1) is 6.61 Å². The highest BCUT2D eigenvalue weighted by Crippen LogP contribution is 2.14. The molecule has 0 bridgehead atoms. The highest BCUT2D eigenvalue weighted by molar-refractivity contribution is 5.71. The topological polar surface area (TPSA) is 60.2 Å². The first-order chi connectivity index (χ1) is 8.36. The van der Waals surface area contributed by atoms with E-state index >= 15 is 0 Å². The number of ether oxygens (including phenoxy) is 1. The van der Waals surface area contributed by atoms with Gasteiger partial charge in [-0.2, -0.15) is 0 Å². The van der Waals surface area contributed by atoms with Gasteiger partial charge in [-0.1, -0.05) is 0 Å². The lowest BCUT2D eigenvalue weighted by Crippen LogP contribution is -2.08. The van der Waals surface area contributed by atoms with Crippen LogP contribution in [0.2, 0.25) is 0 Å². The van der Waals surface area contributed by atoms with E-state index in [-0.39, 0.29) is 6.61 Å². The molecular weight excluding hydrogens is 218 g/mol. The van der Waals surface area contributed by atoms with E-state index in [1.54, 1.807) is 13.3 Å². The predicted octanol–water partition coefficient (Wildman–Crippen LogP) is 1.00. The quantitative estimate of drug-likeness (QED) is 0.759. The number of imidazole rings is 1. The lowest BCUT2D eigenvalue weighted by Gasteiger charge is -2.07. The SMILES string of the molecule is COCCCn1c(CCO)nc2cccnc21. The van der Waals surface area contributed by atoms with E-state index in [4.69, 9.17) is 9.84 Å². The molecule has 0 spiro atoms. The van der Waals surface area contributed by atoms with Crippen LogP contribution in [0, 0.1) is 0 Å². The summed E-state index contributed by atoms with van der Waals surface area (Å²) in [5.74, 6) is 0.886. The number of aliphatic hydroxyl groups excluding tert-OH is 1. The fourth-order valence-electron chi connectivity index (χ4n) is 1.90. The molecule has 0 aliphatic heterocycles. The lowest BCUT2D eigenvalue weighted by atomic mass is 10.4. The molecule has 0 saturated heterocycles. The summed E-state index contributed by atoms with van der Waals surface area (Å²) in [6, 6.07) is 3.81. The van der Waals surface area contributed by atoms with E-state index in [1.165, 1.54) is 0 Å². The van der Waals surface area contributed by atoms with Crippen molar-refractivity contribution >= 4 is 11.2 Å². The van der Waals surface area contributed by atoms with Crippen molar-refractivity contribution in [3.05, 3.63) is 24.2 Å². The minimum Gasteiger partial charge on any atom is -0.396 e. The first-order valence-electron chi connectivity index (χ1n) is 5.76. The average Bonchev–Trinajstić information content (AvgIpc) is 2.69. The zero-order chi connectivity index (χ0) is 12.1. The average molecular weight is 235 g/mol. The molecule has 0 aromatic carbocycles. The van der Waals surface area contributed by atoms with Crippen LogP contribution in [-0.4, -0.2) is 40.0 Å². The molecule has 1 N–H and O–H groups in total. The van der Waals surface area contributed by atoms with Crippen LogP contribution in [-0.2, 0) is 17.7 Å². The van der Waals surface area contributed by atoms with Gasteiger partial charge in [0, 0.05) is 32.9 Å². The van der Waals surface area contributed by atoms with Gasteiger partial charge < -0.3 is 14.4 Å². The van der Waals surface area contributed by atoms with Gasteiger partial charge in [-0.25, -0.2) is 9.97 Å². The van der Waals surface area contributed by atoms with E-state index in [0.717, 1.165) is 30.0 Å². The molecule has 2 aromatic heterocycles. The molecule has 0 saturated carbocycles. The van der Waals surface area contributed by atoms with E-state index in [1.807, 2.05) is 12.1 Å². The van der Waals surface area contributed by atoms with Crippen molar-refractivity contribution in [1.29, 1.82) is 0 Å². The number of rotatable bonds is 6. The monoisotopic (exact) mass is 235 g/mol. The van der Waals surface area contributed by atoms with Crippen LogP contribution in [0.15, 0.2) is 18.3 Å². The maximum atomic E-state index is 9.04. The molecule has 0 radical (unpaired) electrons. The second kappa shape index (κ2) is 5.75. The maximum Gasteiger partial charge on any atom is 0.159 e. The van der Waals surface area contributed by atoms with Crippen molar-refractivity contribution in [3.63, 3.8) is 0 Å². The zero-order valence-electron chi connectivity index (χ0n) is 9.96. The number of aliphatic hydroxyl groups is 1. The highest BCUT2D eigenvalue weighted by atomic mass is 16.5. The molecule has 5 heteroatoms. The van der Waals surface area contributed by atoms with Gasteiger partial charge in [-0.15, -0.1) is 0 Å². The molecule has 2 heterocycles. The molecule has 17 heavy (non-hydrogen) atoms. The van der Waals surface area contributed by atoms with Crippen molar-refractivity contribution in [2.75, 3.05) is 20.3 Å². The summed E-state index contributed by atoms with van der Waals surface area (Å²) in [5.41, 5.74) is 1.76. The zero-order valence-corrected chi connectivity index (χ0v) is 9.96. The number of aromatic nitrogens is 3. The number of aryl methyl sites for hydroxylation is 1. The van der Waals surface area contributed by atoms with Crippen LogP contribution in [0.3, 0.4) is 0 Å². The summed E-state index contributed by atoms with van der Waals surface area (Å²) in [6.45, 7) is 1.63. The smallest absolute Gasteiger partial charge is 0.159 e. The van der Waals surface area contributed by atoms with Gasteiger partial charge in [0.25, 0.3) is 0 Å². The summed E-state index contributed by atoms with van der Waals surface area (Å²) < 4.78 is 7.11. The Morgan fingerprint density at radius 3 is 3.12 bits per heavy atom. The fourth-order valence-corrected chi connectivity index (χ4v) is 1.90. The Hall–Kier alpha value is -1.46. The van der Waals surface area contributed by atoms with Gasteiger partial charge >= 0.3 is 0 Å². The first kappa shape index (κ1) is 12.0. The minimum absolute atomic E-state index is 0.105. The molecule has 0 unspecified atom stereocenters. The Morgan fingerprint density at radius 1 is 1.47 bits per heavy atom. The van der Waals surface area contributed by atoms with Crippen molar-refractivity contribution in [2.45, 2.75) is 19.4 Å². The third kappa shape index (κ3) is 2.62. The fraction of sp³-hybridized carbons (Fsp3) is 0.500.